The summed E-state index contributed by atoms with van der Waals surface area (Å²) in [6, 6.07) is 0.592. The zero-order valence-corrected chi connectivity index (χ0v) is 12.8. The van der Waals surface area contributed by atoms with E-state index >= 15 is 0 Å². The molecule has 1 aromatic rings. The molecule has 5 nitrogen and oxygen atoms in total. The first kappa shape index (κ1) is 13.8. The van der Waals surface area contributed by atoms with E-state index in [4.69, 9.17) is 0 Å². The van der Waals surface area contributed by atoms with Gasteiger partial charge in [-0.2, -0.15) is 0 Å². The number of rotatable bonds is 3. The van der Waals surface area contributed by atoms with Gasteiger partial charge in [-0.05, 0) is 26.7 Å². The number of aliphatic carboxylic acids is 1. The maximum atomic E-state index is 11.2. The van der Waals surface area contributed by atoms with Crippen LogP contribution in [0.1, 0.15) is 36.8 Å². The van der Waals surface area contributed by atoms with Crippen LogP contribution >= 0.6 is 11.3 Å². The second-order valence-electron chi connectivity index (χ2n) is 5.85. The van der Waals surface area contributed by atoms with Gasteiger partial charge >= 0.3 is 5.97 Å². The Labute approximate surface area is 123 Å². The number of aromatic nitrogens is 1. The van der Waals surface area contributed by atoms with Crippen LogP contribution in [-0.4, -0.2) is 53.2 Å². The lowest BCUT2D eigenvalue weighted by Gasteiger charge is -2.36. The van der Waals surface area contributed by atoms with E-state index in [1.807, 2.05) is 0 Å². The number of anilines is 1. The highest BCUT2D eigenvalue weighted by molar-refractivity contribution is 7.15. The van der Waals surface area contributed by atoms with Gasteiger partial charge in [0.05, 0.1) is 5.69 Å². The molecule has 1 atom stereocenters. The van der Waals surface area contributed by atoms with E-state index in [1.54, 1.807) is 11.3 Å². The predicted molar refractivity (Wildman–Crippen MR) is 79.7 cm³/mol. The Kier molecular flexibility index (Phi) is 3.69. The third-order valence-corrected chi connectivity index (χ3v) is 5.51. The zero-order valence-electron chi connectivity index (χ0n) is 12.0. The van der Waals surface area contributed by atoms with Gasteiger partial charge in [0.15, 0.2) is 5.13 Å². The first-order valence-corrected chi connectivity index (χ1v) is 8.09. The van der Waals surface area contributed by atoms with Crippen LogP contribution in [0.4, 0.5) is 5.13 Å². The molecular weight excluding hydrogens is 274 g/mol. The van der Waals surface area contributed by atoms with Crippen LogP contribution in [0.2, 0.25) is 0 Å². The fourth-order valence-electron chi connectivity index (χ4n) is 3.02. The Morgan fingerprint density at radius 1 is 1.35 bits per heavy atom. The van der Waals surface area contributed by atoms with Crippen molar-refractivity contribution < 1.29 is 9.90 Å². The highest BCUT2D eigenvalue weighted by Gasteiger charge is 2.33. The zero-order chi connectivity index (χ0) is 14.3. The monoisotopic (exact) mass is 295 g/mol. The number of carboxylic acid groups (broad SMARTS) is 1. The molecule has 3 rings (SSSR count). The summed E-state index contributed by atoms with van der Waals surface area (Å²) in [5.41, 5.74) is 0.823. The third kappa shape index (κ3) is 2.42. The van der Waals surface area contributed by atoms with Crippen LogP contribution in [0.5, 0.6) is 0 Å². The minimum Gasteiger partial charge on any atom is -0.481 e. The second-order valence-corrected chi connectivity index (χ2v) is 6.91. The van der Waals surface area contributed by atoms with Crippen LogP contribution in [0.3, 0.4) is 0 Å². The number of aryl methyl sites for hydroxylation is 1. The SMILES string of the molecule is CC(C)N1CCN(c2nc3c(s2)CCC3C(=O)O)CC1. The van der Waals surface area contributed by atoms with Crippen molar-refractivity contribution in [2.75, 3.05) is 31.1 Å². The smallest absolute Gasteiger partial charge is 0.312 e. The lowest BCUT2D eigenvalue weighted by molar-refractivity contribution is -0.138. The number of nitrogens with zero attached hydrogens (tertiary/aromatic N) is 3. The van der Waals surface area contributed by atoms with Crippen LogP contribution in [0, 0.1) is 0 Å². The van der Waals surface area contributed by atoms with Gasteiger partial charge in [0.2, 0.25) is 0 Å². The Balaban J connectivity index is 1.71. The molecule has 2 aliphatic rings. The predicted octanol–water partition coefficient (Wildman–Crippen LogP) is 1.79. The number of carboxylic acids is 1. The van der Waals surface area contributed by atoms with Crippen molar-refractivity contribution in [2.24, 2.45) is 0 Å². The number of fused-ring (bicyclic) bond motifs is 1. The maximum absolute atomic E-state index is 11.2. The fraction of sp³-hybridized carbons (Fsp3) is 0.714. The largest absolute Gasteiger partial charge is 0.481 e. The van der Waals surface area contributed by atoms with Crippen LogP contribution in [-0.2, 0) is 11.2 Å². The van der Waals surface area contributed by atoms with E-state index in [2.05, 4.69) is 28.6 Å². The molecule has 20 heavy (non-hydrogen) atoms. The molecule has 6 heteroatoms. The number of hydrogen-bond acceptors (Lipinski definition) is 5. The molecule has 1 unspecified atom stereocenters. The molecule has 0 amide bonds. The molecule has 0 radical (unpaired) electrons. The van der Waals surface area contributed by atoms with Gasteiger partial charge in [-0.1, -0.05) is 0 Å². The van der Waals surface area contributed by atoms with Gasteiger partial charge < -0.3 is 10.0 Å². The fourth-order valence-corrected chi connectivity index (χ4v) is 4.21. The molecule has 1 aliphatic carbocycles. The molecule has 1 aliphatic heterocycles. The van der Waals surface area contributed by atoms with E-state index in [9.17, 15) is 9.90 Å². The molecule has 1 saturated heterocycles. The second kappa shape index (κ2) is 5.33. The Morgan fingerprint density at radius 2 is 2.05 bits per heavy atom. The molecule has 110 valence electrons. The van der Waals surface area contributed by atoms with Gasteiger partial charge in [-0.15, -0.1) is 11.3 Å². The van der Waals surface area contributed by atoms with Crippen LogP contribution < -0.4 is 4.90 Å². The normalized spacial score (nSPS) is 23.4. The van der Waals surface area contributed by atoms with E-state index in [-0.39, 0.29) is 5.92 Å². The summed E-state index contributed by atoms with van der Waals surface area (Å²) in [7, 11) is 0. The molecule has 0 aromatic carbocycles. The lowest BCUT2D eigenvalue weighted by atomic mass is 10.1. The summed E-state index contributed by atoms with van der Waals surface area (Å²) in [5.74, 6) is -1.11. The topological polar surface area (TPSA) is 56.7 Å². The van der Waals surface area contributed by atoms with Crippen molar-refractivity contribution in [2.45, 2.75) is 38.6 Å². The van der Waals surface area contributed by atoms with Crippen molar-refractivity contribution >= 4 is 22.4 Å². The van der Waals surface area contributed by atoms with E-state index in [0.717, 1.165) is 43.4 Å². The average Bonchev–Trinajstić information content (AvgIpc) is 2.97. The maximum Gasteiger partial charge on any atom is 0.312 e. The summed E-state index contributed by atoms with van der Waals surface area (Å²) in [4.78, 5) is 21.8. The molecule has 2 heterocycles. The lowest BCUT2D eigenvalue weighted by Crippen LogP contribution is -2.48. The van der Waals surface area contributed by atoms with Crippen molar-refractivity contribution in [1.29, 1.82) is 0 Å². The average molecular weight is 295 g/mol. The Bertz CT molecular complexity index is 507. The van der Waals surface area contributed by atoms with Crippen LogP contribution in [0.15, 0.2) is 0 Å². The summed E-state index contributed by atoms with van der Waals surface area (Å²) < 4.78 is 0. The summed E-state index contributed by atoms with van der Waals surface area (Å²) >= 11 is 1.69. The summed E-state index contributed by atoms with van der Waals surface area (Å²) in [5, 5.41) is 10.2. The molecule has 0 saturated carbocycles. The highest BCUT2D eigenvalue weighted by atomic mass is 32.1. The van der Waals surface area contributed by atoms with Crippen LogP contribution in [0.25, 0.3) is 0 Å². The number of hydrogen-bond donors (Lipinski definition) is 1. The van der Waals surface area contributed by atoms with Crippen molar-refractivity contribution in [3.8, 4) is 0 Å². The molecule has 0 bridgehead atoms. The molecular formula is C14H21N3O2S. The number of piperazine rings is 1. The first-order valence-electron chi connectivity index (χ1n) is 7.27. The van der Waals surface area contributed by atoms with Gasteiger partial charge in [-0.25, -0.2) is 4.98 Å². The van der Waals surface area contributed by atoms with E-state index in [1.165, 1.54) is 4.88 Å². The molecule has 1 fully saturated rings. The first-order chi connectivity index (χ1) is 9.56. The Hall–Kier alpha value is -1.14. The minimum atomic E-state index is -0.731. The van der Waals surface area contributed by atoms with E-state index in [0.29, 0.717) is 12.5 Å². The van der Waals surface area contributed by atoms with Gasteiger partial charge in [-0.3, -0.25) is 9.69 Å². The van der Waals surface area contributed by atoms with Crippen molar-refractivity contribution in [3.05, 3.63) is 10.6 Å². The van der Waals surface area contributed by atoms with Crippen molar-refractivity contribution in [3.63, 3.8) is 0 Å². The third-order valence-electron chi connectivity index (χ3n) is 4.32. The summed E-state index contributed by atoms with van der Waals surface area (Å²) in [6.45, 7) is 8.55. The molecule has 1 aromatic heterocycles. The van der Waals surface area contributed by atoms with Crippen molar-refractivity contribution in [1.82, 2.24) is 9.88 Å². The van der Waals surface area contributed by atoms with E-state index < -0.39 is 5.97 Å². The summed E-state index contributed by atoms with van der Waals surface area (Å²) in [6.07, 6.45) is 1.58. The molecule has 0 spiro atoms. The quantitative estimate of drug-likeness (QED) is 0.921. The molecule has 1 N–H and O–H groups in total. The van der Waals surface area contributed by atoms with Gasteiger partial charge in [0, 0.05) is 37.1 Å². The minimum absolute atomic E-state index is 0.382. The highest BCUT2D eigenvalue weighted by Crippen LogP contribution is 2.39. The number of carbonyl (C=O) groups is 1. The Morgan fingerprint density at radius 3 is 2.65 bits per heavy atom. The standard InChI is InChI=1S/C14H21N3O2S/c1-9(2)16-5-7-17(8-6-16)14-15-12-10(13(18)19)3-4-11(12)20-14/h9-10H,3-8H2,1-2H3,(H,18,19). The van der Waals surface area contributed by atoms with Gasteiger partial charge in [0.25, 0.3) is 0 Å². The number of thiazole rings is 1. The van der Waals surface area contributed by atoms with Gasteiger partial charge in [0.1, 0.15) is 5.92 Å².